The van der Waals surface area contributed by atoms with Gasteiger partial charge in [-0.05, 0) is 79.5 Å². The van der Waals surface area contributed by atoms with E-state index in [2.05, 4.69) is 43.9 Å². The summed E-state index contributed by atoms with van der Waals surface area (Å²) in [7, 11) is 1.40. The Labute approximate surface area is 250 Å². The molecule has 4 atom stereocenters. The molecule has 0 N–H and O–H groups in total. The van der Waals surface area contributed by atoms with Gasteiger partial charge in [-0.25, -0.2) is 4.79 Å². The summed E-state index contributed by atoms with van der Waals surface area (Å²) in [6, 6.07) is 9.59. The highest BCUT2D eigenvalue weighted by Crippen LogP contribution is 2.52. The fourth-order valence-electron chi connectivity index (χ4n) is 8.11. The largest absolute Gasteiger partial charge is 0.473 e. The van der Waals surface area contributed by atoms with E-state index in [-0.39, 0.29) is 42.5 Å². The van der Waals surface area contributed by atoms with Crippen molar-refractivity contribution in [1.82, 2.24) is 9.80 Å². The molecule has 2 heterocycles. The van der Waals surface area contributed by atoms with E-state index in [1.807, 2.05) is 12.1 Å². The highest BCUT2D eigenvalue weighted by Gasteiger charge is 2.53. The lowest BCUT2D eigenvalue weighted by Gasteiger charge is -2.47. The maximum Gasteiger partial charge on any atom is 0.416 e. The van der Waals surface area contributed by atoms with Gasteiger partial charge in [0.25, 0.3) is 0 Å². The topological polar surface area (TPSA) is 59.1 Å². The van der Waals surface area contributed by atoms with Gasteiger partial charge in [0.15, 0.2) is 6.73 Å². The van der Waals surface area contributed by atoms with E-state index >= 15 is 0 Å². The van der Waals surface area contributed by atoms with Crippen LogP contribution < -0.4 is 4.74 Å². The van der Waals surface area contributed by atoms with Gasteiger partial charge in [-0.1, -0.05) is 45.1 Å². The molecule has 2 aliphatic heterocycles. The summed E-state index contributed by atoms with van der Waals surface area (Å²) in [5, 5.41) is 0. The van der Waals surface area contributed by atoms with Gasteiger partial charge in [0.2, 0.25) is 5.91 Å². The molecule has 6 nitrogen and oxygen atoms in total. The molecular weight excluding hydrogens is 557 g/mol. The minimum absolute atomic E-state index is 0.0300. The number of hydrogen-bond donors (Lipinski definition) is 0. The van der Waals surface area contributed by atoms with Crippen molar-refractivity contribution in [2.75, 3.05) is 26.9 Å². The molecule has 2 aromatic rings. The van der Waals surface area contributed by atoms with E-state index in [0.29, 0.717) is 29.2 Å². The summed E-state index contributed by atoms with van der Waals surface area (Å²) in [5.74, 6) is 0.414. The quantitative estimate of drug-likeness (QED) is 0.369. The van der Waals surface area contributed by atoms with Crippen molar-refractivity contribution < 1.29 is 32.2 Å². The second kappa shape index (κ2) is 10.7. The number of amides is 1. The molecule has 0 radical (unpaired) electrons. The molecule has 0 unspecified atom stereocenters. The van der Waals surface area contributed by atoms with Crippen molar-refractivity contribution in [2.45, 2.75) is 70.6 Å². The zero-order valence-electron chi connectivity index (χ0n) is 25.2. The first-order valence-electron chi connectivity index (χ1n) is 15.2. The molecule has 6 rings (SSSR count). The Balaban J connectivity index is 1.17. The number of hydrogen-bond acceptors (Lipinski definition) is 5. The van der Waals surface area contributed by atoms with Crippen LogP contribution in [-0.4, -0.2) is 54.6 Å². The van der Waals surface area contributed by atoms with Crippen LogP contribution in [0.5, 0.6) is 5.75 Å². The number of esters is 1. The van der Waals surface area contributed by atoms with Crippen LogP contribution in [0, 0.1) is 17.3 Å². The number of alkyl halides is 3. The Morgan fingerprint density at radius 3 is 2.63 bits per heavy atom. The first kappa shape index (κ1) is 29.7. The maximum absolute atomic E-state index is 14.2. The van der Waals surface area contributed by atoms with Gasteiger partial charge < -0.3 is 14.4 Å². The molecule has 4 aliphatic rings. The summed E-state index contributed by atoms with van der Waals surface area (Å²) in [5.41, 5.74) is 1.64. The SMILES string of the molecule is COC(=O)c1cccc2c1C=C[C@@]21CCN([C@@H]2CC[C@@](C(=O)N3COc4ccc(C(F)(F)F)cc4C3)(C(C)C)C2)C[C@@H]1C. The van der Waals surface area contributed by atoms with Crippen LogP contribution in [0.3, 0.4) is 0 Å². The lowest BCUT2D eigenvalue weighted by molar-refractivity contribution is -0.150. The molecule has 9 heteroatoms. The van der Waals surface area contributed by atoms with E-state index in [1.165, 1.54) is 18.7 Å². The first-order chi connectivity index (χ1) is 20.4. The molecule has 1 amide bonds. The number of methoxy groups -OCH3 is 1. The van der Waals surface area contributed by atoms with Crippen LogP contribution >= 0.6 is 0 Å². The Morgan fingerprint density at radius 1 is 1.14 bits per heavy atom. The third-order valence-corrected chi connectivity index (χ3v) is 10.7. The summed E-state index contributed by atoms with van der Waals surface area (Å²) in [4.78, 5) is 30.7. The van der Waals surface area contributed by atoms with Crippen molar-refractivity contribution in [2.24, 2.45) is 17.3 Å². The molecule has 1 saturated heterocycles. The molecule has 230 valence electrons. The third kappa shape index (κ3) is 4.84. The average Bonchev–Trinajstić information content (AvgIpc) is 3.61. The molecule has 2 aromatic carbocycles. The highest BCUT2D eigenvalue weighted by molar-refractivity contribution is 5.95. The summed E-state index contributed by atoms with van der Waals surface area (Å²) in [6.45, 7) is 8.33. The molecule has 2 fully saturated rings. The fraction of sp³-hybridized carbons (Fsp3) is 0.529. The second-order valence-electron chi connectivity index (χ2n) is 13.1. The van der Waals surface area contributed by atoms with E-state index in [1.54, 1.807) is 4.90 Å². The first-order valence-corrected chi connectivity index (χ1v) is 15.2. The summed E-state index contributed by atoms with van der Waals surface area (Å²) in [6.07, 6.45) is 3.15. The number of fused-ring (bicyclic) bond motifs is 3. The molecule has 0 aromatic heterocycles. The number of likely N-dealkylation sites (tertiary alicyclic amines) is 1. The van der Waals surface area contributed by atoms with Gasteiger partial charge >= 0.3 is 12.1 Å². The Bertz CT molecular complexity index is 1470. The number of carbonyl (C=O) groups is 2. The monoisotopic (exact) mass is 596 g/mol. The standard InChI is InChI=1S/C34H39F3N2O4/c1-21(2)33(31(41)39-19-23-16-24(34(35,36)37)8-9-29(23)43-20-39)12-10-25(17-33)38-15-14-32(22(3)18-38)13-11-26-27(30(40)42-4)6-5-7-28(26)32/h5-9,11,13,16,21-22,25H,10,12,14-15,17-20H2,1-4H3/t22-,25+,32-,33-/m0/s1. The number of piperidine rings is 1. The minimum Gasteiger partial charge on any atom is -0.473 e. The Hall–Kier alpha value is -3.33. The van der Waals surface area contributed by atoms with Crippen molar-refractivity contribution in [3.05, 3.63) is 70.3 Å². The fourth-order valence-corrected chi connectivity index (χ4v) is 8.11. The lowest BCUT2D eigenvalue weighted by atomic mass is 9.67. The van der Waals surface area contributed by atoms with Crippen LogP contribution in [0.2, 0.25) is 0 Å². The highest BCUT2D eigenvalue weighted by atomic mass is 19.4. The Morgan fingerprint density at radius 2 is 1.93 bits per heavy atom. The van der Waals surface area contributed by atoms with E-state index in [0.717, 1.165) is 50.0 Å². The van der Waals surface area contributed by atoms with Gasteiger partial charge in [-0.15, -0.1) is 0 Å². The van der Waals surface area contributed by atoms with Crippen LogP contribution in [0.4, 0.5) is 13.2 Å². The van der Waals surface area contributed by atoms with Crippen molar-refractivity contribution in [3.8, 4) is 5.75 Å². The number of benzene rings is 2. The number of rotatable bonds is 4. The molecular formula is C34H39F3N2O4. The number of nitrogens with zero attached hydrogens (tertiary/aromatic N) is 2. The predicted octanol–water partition coefficient (Wildman–Crippen LogP) is 6.67. The molecule has 2 aliphatic carbocycles. The normalized spacial score (nSPS) is 28.6. The number of carbonyl (C=O) groups excluding carboxylic acids is 2. The van der Waals surface area contributed by atoms with Crippen molar-refractivity contribution in [3.63, 3.8) is 0 Å². The van der Waals surface area contributed by atoms with Crippen LogP contribution in [0.1, 0.15) is 79.1 Å². The smallest absolute Gasteiger partial charge is 0.416 e. The Kier molecular flexibility index (Phi) is 7.39. The van der Waals surface area contributed by atoms with E-state index in [4.69, 9.17) is 9.47 Å². The van der Waals surface area contributed by atoms with Gasteiger partial charge in [0.1, 0.15) is 5.75 Å². The lowest BCUT2D eigenvalue weighted by Crippen LogP contribution is -2.52. The van der Waals surface area contributed by atoms with Crippen LogP contribution in [-0.2, 0) is 27.7 Å². The second-order valence-corrected chi connectivity index (χ2v) is 13.1. The zero-order chi connectivity index (χ0) is 30.7. The molecule has 0 bridgehead atoms. The number of allylic oxidation sites excluding steroid dienone is 1. The van der Waals surface area contributed by atoms with E-state index < -0.39 is 17.2 Å². The minimum atomic E-state index is -4.46. The molecule has 43 heavy (non-hydrogen) atoms. The van der Waals surface area contributed by atoms with Gasteiger partial charge in [-0.2, -0.15) is 13.2 Å². The maximum atomic E-state index is 14.2. The van der Waals surface area contributed by atoms with Gasteiger partial charge in [-0.3, -0.25) is 9.69 Å². The van der Waals surface area contributed by atoms with Gasteiger partial charge in [0, 0.05) is 23.6 Å². The van der Waals surface area contributed by atoms with E-state index in [9.17, 15) is 22.8 Å². The van der Waals surface area contributed by atoms with Crippen LogP contribution in [0.25, 0.3) is 6.08 Å². The predicted molar refractivity (Wildman–Crippen MR) is 156 cm³/mol. The number of ether oxygens (including phenoxy) is 2. The van der Waals surface area contributed by atoms with Crippen molar-refractivity contribution >= 4 is 18.0 Å². The molecule has 1 saturated carbocycles. The van der Waals surface area contributed by atoms with Gasteiger partial charge in [0.05, 0.1) is 30.2 Å². The number of halogens is 3. The van der Waals surface area contributed by atoms with Crippen molar-refractivity contribution in [1.29, 1.82) is 0 Å². The zero-order valence-corrected chi connectivity index (χ0v) is 25.2. The third-order valence-electron chi connectivity index (χ3n) is 10.7. The average molecular weight is 597 g/mol. The van der Waals surface area contributed by atoms with Crippen LogP contribution in [0.15, 0.2) is 42.5 Å². The molecule has 1 spiro atoms. The summed E-state index contributed by atoms with van der Waals surface area (Å²) < 4.78 is 50.9. The summed E-state index contributed by atoms with van der Waals surface area (Å²) >= 11 is 0.